The van der Waals surface area contributed by atoms with Crippen LogP contribution in [0, 0.1) is 47.3 Å². The van der Waals surface area contributed by atoms with E-state index in [1.54, 1.807) is 0 Å². The zero-order valence-corrected chi connectivity index (χ0v) is 29.9. The fraction of sp³-hybridized carbons (Fsp3) is 0.763. The number of fused-ring (bicyclic) bond motifs is 6. The third kappa shape index (κ3) is 8.28. The molecule has 0 N–H and O–H groups in total. The van der Waals surface area contributed by atoms with Crippen LogP contribution in [0.1, 0.15) is 134 Å². The molecule has 0 spiro atoms. The first-order valence-electron chi connectivity index (χ1n) is 18.4. The zero-order valence-electron chi connectivity index (χ0n) is 27.5. The number of hydrogen-bond donors (Lipinski definition) is 0. The van der Waals surface area contributed by atoms with Gasteiger partial charge in [-0.3, -0.25) is 4.98 Å². The molecule has 9 unspecified atom stereocenters. The molecular formula is C38H53ClN6Rh-3. The van der Waals surface area contributed by atoms with Gasteiger partial charge in [0.15, 0.2) is 0 Å². The van der Waals surface area contributed by atoms with Crippen molar-refractivity contribution < 1.29 is 31.9 Å². The molecule has 9 atom stereocenters. The van der Waals surface area contributed by atoms with Gasteiger partial charge in [0.1, 0.15) is 0 Å². The Bertz CT molecular complexity index is 1040. The van der Waals surface area contributed by atoms with Crippen molar-refractivity contribution in [3.05, 3.63) is 57.0 Å². The van der Waals surface area contributed by atoms with Crippen molar-refractivity contribution in [1.29, 1.82) is 0 Å². The van der Waals surface area contributed by atoms with Gasteiger partial charge in [0, 0.05) is 11.9 Å². The van der Waals surface area contributed by atoms with E-state index in [-0.39, 0.29) is 55.6 Å². The summed E-state index contributed by atoms with van der Waals surface area (Å²) < 4.78 is 0. The molecule has 7 fully saturated rings. The van der Waals surface area contributed by atoms with Crippen molar-refractivity contribution in [2.24, 2.45) is 47.3 Å². The standard InChI is InChI=1S/2C14H20N2.C10H13N2.ClH.Rh/c2*15-13-11-7-3-1-5-9(11)10-6-2-4-8-12(10)14(13)16;1-3-7-11-9(5-1)10-6-2-4-8-12-10;;/h2*9-12H,1-8H2;1,3,5,7,10H,2,4,6,8H2;1H;/q2*-2;-1;;+3/p-1. The van der Waals surface area contributed by atoms with Gasteiger partial charge in [0.05, 0.1) is 0 Å². The first-order chi connectivity index (χ1) is 21.5. The van der Waals surface area contributed by atoms with Gasteiger partial charge in [-0.25, -0.2) is 0 Å². The molecule has 6 saturated carbocycles. The van der Waals surface area contributed by atoms with Crippen LogP contribution >= 0.6 is 0 Å². The summed E-state index contributed by atoms with van der Waals surface area (Å²) in [5.74, 6) is 3.79. The van der Waals surface area contributed by atoms with E-state index < -0.39 is 0 Å². The van der Waals surface area contributed by atoms with E-state index in [1.165, 1.54) is 96.3 Å². The molecule has 0 radical (unpaired) electrons. The Morgan fingerprint density at radius 1 is 0.500 bits per heavy atom. The van der Waals surface area contributed by atoms with E-state index in [0.717, 1.165) is 37.9 Å². The molecule has 2 heterocycles. The van der Waals surface area contributed by atoms with Crippen LogP contribution in [0.15, 0.2) is 24.4 Å². The van der Waals surface area contributed by atoms with Crippen molar-refractivity contribution in [2.75, 3.05) is 6.54 Å². The van der Waals surface area contributed by atoms with Crippen molar-refractivity contribution in [1.82, 2.24) is 4.98 Å². The van der Waals surface area contributed by atoms with Gasteiger partial charge in [-0.05, 0) is 111 Å². The van der Waals surface area contributed by atoms with E-state index in [9.17, 15) is 21.6 Å². The summed E-state index contributed by atoms with van der Waals surface area (Å²) in [7, 11) is 0. The van der Waals surface area contributed by atoms with Gasteiger partial charge in [-0.1, -0.05) is 82.7 Å². The number of halogens is 1. The summed E-state index contributed by atoms with van der Waals surface area (Å²) in [4.78, 5) is 4.31. The van der Waals surface area contributed by atoms with Crippen LogP contribution in [0.4, 0.5) is 0 Å². The fourth-order valence-electron chi connectivity index (χ4n) is 10.4. The Hall–Kier alpha value is -1.30. The summed E-state index contributed by atoms with van der Waals surface area (Å²) in [6, 6.07) is 6.43. The molecular weight excluding hydrogens is 679 g/mol. The van der Waals surface area contributed by atoms with Crippen molar-refractivity contribution in [2.45, 2.75) is 128 Å². The number of aromatic nitrogens is 1. The SMILES string of the molecule is [Cl-].[N-]=C1C(=[N-])C2CCCCC2C2CCCCC12.[N-]=C1C(=[N-])C2CCCCC2C2CCCCC12.[Rh+3].c1ccc(C2CCCC[N-]2)nc1. The van der Waals surface area contributed by atoms with E-state index in [2.05, 4.69) is 16.4 Å². The normalized spacial score (nSPS) is 36.7. The third-order valence-electron chi connectivity index (χ3n) is 12.6. The topological polar surface area (TPSA) is 116 Å². The van der Waals surface area contributed by atoms with Crippen LogP contribution in [0.5, 0.6) is 0 Å². The predicted molar refractivity (Wildman–Crippen MR) is 184 cm³/mol. The maximum Gasteiger partial charge on any atom is 3.00 e. The smallest absolute Gasteiger partial charge is 1.00 e. The second-order valence-electron chi connectivity index (χ2n) is 14.9. The number of hydrogen-bond acceptors (Lipinski definition) is 1. The Labute approximate surface area is 297 Å². The van der Waals surface area contributed by atoms with E-state index >= 15 is 0 Å². The Balaban J connectivity index is 0.000000155. The van der Waals surface area contributed by atoms with Gasteiger partial charge in [-0.15, -0.1) is 6.54 Å². The van der Waals surface area contributed by atoms with Crippen molar-refractivity contribution in [3.63, 3.8) is 0 Å². The Kier molecular flexibility index (Phi) is 14.6. The van der Waals surface area contributed by atoms with E-state index in [0.29, 0.717) is 52.6 Å². The largest absolute Gasteiger partial charge is 3.00 e. The van der Waals surface area contributed by atoms with Crippen molar-refractivity contribution in [3.8, 4) is 0 Å². The summed E-state index contributed by atoms with van der Waals surface area (Å²) >= 11 is 0. The molecule has 254 valence electrons. The predicted octanol–water partition coefficient (Wildman–Crippen LogP) is 6.95. The summed E-state index contributed by atoms with van der Waals surface area (Å²) in [5.41, 5.74) is 2.55. The van der Waals surface area contributed by atoms with Gasteiger partial charge in [0.2, 0.25) is 0 Å². The van der Waals surface area contributed by atoms with Gasteiger partial charge >= 0.3 is 19.5 Å². The maximum absolute atomic E-state index is 10.1. The minimum absolute atomic E-state index is 0. The maximum atomic E-state index is 10.1. The van der Waals surface area contributed by atoms with Gasteiger partial charge < -0.3 is 39.4 Å². The fourth-order valence-corrected chi connectivity index (χ4v) is 10.4. The second-order valence-corrected chi connectivity index (χ2v) is 14.9. The molecule has 0 amide bonds. The molecule has 6 aliphatic carbocycles. The zero-order chi connectivity index (χ0) is 30.5. The molecule has 8 heteroatoms. The number of rotatable bonds is 1. The molecule has 46 heavy (non-hydrogen) atoms. The number of piperidine rings is 1. The van der Waals surface area contributed by atoms with Crippen LogP contribution in [-0.2, 0) is 19.5 Å². The minimum atomic E-state index is 0. The van der Waals surface area contributed by atoms with Gasteiger partial charge in [0.25, 0.3) is 0 Å². The van der Waals surface area contributed by atoms with Gasteiger partial charge in [-0.2, -0.15) is 22.8 Å². The van der Waals surface area contributed by atoms with E-state index in [4.69, 9.17) is 0 Å². The first kappa shape index (κ1) is 37.5. The van der Waals surface area contributed by atoms with Crippen LogP contribution in [0.3, 0.4) is 0 Å². The van der Waals surface area contributed by atoms with Crippen molar-refractivity contribution >= 4 is 22.8 Å². The molecule has 1 saturated heterocycles. The molecule has 6 nitrogen and oxygen atoms in total. The van der Waals surface area contributed by atoms with Crippen LogP contribution in [0.25, 0.3) is 27.0 Å². The first-order valence-corrected chi connectivity index (χ1v) is 18.4. The Morgan fingerprint density at radius 3 is 1.20 bits per heavy atom. The van der Waals surface area contributed by atoms with E-state index in [1.807, 2.05) is 18.3 Å². The van der Waals surface area contributed by atoms with Crippen LogP contribution in [-0.4, -0.2) is 34.4 Å². The minimum Gasteiger partial charge on any atom is -1.00 e. The Morgan fingerprint density at radius 2 is 0.870 bits per heavy atom. The molecule has 0 aromatic carbocycles. The molecule has 0 bridgehead atoms. The molecule has 1 aromatic heterocycles. The van der Waals surface area contributed by atoms with Crippen LogP contribution in [0.2, 0.25) is 0 Å². The third-order valence-corrected chi connectivity index (χ3v) is 12.6. The molecule has 1 aliphatic heterocycles. The molecule has 7 aliphatic rings. The quantitative estimate of drug-likeness (QED) is 0.286. The molecule has 1 aromatic rings. The van der Waals surface area contributed by atoms with Crippen LogP contribution < -0.4 is 12.4 Å². The second kappa shape index (κ2) is 17.9. The summed E-state index contributed by atoms with van der Waals surface area (Å²) in [6.07, 6.45) is 25.1. The summed E-state index contributed by atoms with van der Waals surface area (Å²) in [5, 5.41) is 45.1. The average molecular weight is 732 g/mol. The average Bonchev–Trinajstić information content (AvgIpc) is 3.11. The number of nitrogens with zero attached hydrogens (tertiary/aromatic N) is 6. The molecule has 8 rings (SSSR count). The number of pyridine rings is 1. The summed E-state index contributed by atoms with van der Waals surface area (Å²) in [6.45, 7) is 1.02. The monoisotopic (exact) mass is 731 g/mol.